The zero-order valence-corrected chi connectivity index (χ0v) is 14.2. The van der Waals surface area contributed by atoms with E-state index in [4.69, 9.17) is 5.73 Å². The minimum absolute atomic E-state index is 0.0603. The topological polar surface area (TPSA) is 63.4 Å². The molecule has 2 amide bonds. The molecule has 0 saturated carbocycles. The highest BCUT2D eigenvalue weighted by molar-refractivity contribution is 5.97. The van der Waals surface area contributed by atoms with Crippen molar-refractivity contribution in [3.8, 4) is 0 Å². The molecule has 2 aliphatic rings. The van der Waals surface area contributed by atoms with E-state index in [2.05, 4.69) is 24.3 Å². The van der Waals surface area contributed by atoms with Crippen molar-refractivity contribution in [2.75, 3.05) is 6.54 Å². The van der Waals surface area contributed by atoms with Crippen LogP contribution in [-0.2, 0) is 6.42 Å². The van der Waals surface area contributed by atoms with Crippen molar-refractivity contribution in [1.29, 1.82) is 0 Å². The van der Waals surface area contributed by atoms with Gasteiger partial charge < -0.3 is 10.6 Å². The summed E-state index contributed by atoms with van der Waals surface area (Å²) in [6.45, 7) is 0.805. The first-order chi connectivity index (χ1) is 12.1. The number of likely N-dealkylation sites (tertiary alicyclic amines) is 1. The zero-order chi connectivity index (χ0) is 17.4. The van der Waals surface area contributed by atoms with Crippen LogP contribution in [0.15, 0.2) is 48.5 Å². The molecule has 25 heavy (non-hydrogen) atoms. The van der Waals surface area contributed by atoms with E-state index in [1.54, 1.807) is 24.3 Å². The summed E-state index contributed by atoms with van der Waals surface area (Å²) in [5, 5.41) is 0. The van der Waals surface area contributed by atoms with Crippen molar-refractivity contribution < 1.29 is 9.59 Å². The van der Waals surface area contributed by atoms with Gasteiger partial charge in [0.25, 0.3) is 5.91 Å². The molecule has 1 aliphatic carbocycles. The molecule has 4 heteroatoms. The van der Waals surface area contributed by atoms with Gasteiger partial charge in [-0.05, 0) is 61.1 Å². The van der Waals surface area contributed by atoms with Crippen molar-refractivity contribution in [2.24, 2.45) is 5.73 Å². The first-order valence-electron chi connectivity index (χ1n) is 8.94. The molecule has 2 aromatic rings. The van der Waals surface area contributed by atoms with Crippen LogP contribution in [0.1, 0.15) is 57.0 Å². The lowest BCUT2D eigenvalue weighted by Crippen LogP contribution is -2.49. The first-order valence-corrected chi connectivity index (χ1v) is 8.94. The Hall–Kier alpha value is -2.62. The van der Waals surface area contributed by atoms with Gasteiger partial charge in [0, 0.05) is 29.6 Å². The van der Waals surface area contributed by atoms with Crippen LogP contribution in [0.3, 0.4) is 0 Å². The van der Waals surface area contributed by atoms with Gasteiger partial charge in [-0.15, -0.1) is 0 Å². The minimum atomic E-state index is -0.471. The number of carbonyl (C=O) groups is 2. The molecule has 0 unspecified atom stereocenters. The second-order valence-corrected chi connectivity index (χ2v) is 6.99. The molecular formula is C21H22N2O2. The number of piperidine rings is 1. The summed E-state index contributed by atoms with van der Waals surface area (Å²) in [4.78, 5) is 26.3. The molecule has 0 bridgehead atoms. The number of rotatable bonds is 2. The van der Waals surface area contributed by atoms with Gasteiger partial charge in [0.1, 0.15) is 0 Å². The number of fused-ring (bicyclic) bond motifs is 3. The fourth-order valence-electron chi connectivity index (χ4n) is 4.40. The molecule has 1 heterocycles. The maximum absolute atomic E-state index is 13.1. The van der Waals surface area contributed by atoms with Crippen molar-refractivity contribution in [3.05, 3.63) is 70.8 Å². The minimum Gasteiger partial charge on any atom is -0.366 e. The summed E-state index contributed by atoms with van der Waals surface area (Å²) >= 11 is 0. The number of nitrogens with zero attached hydrogens (tertiary/aromatic N) is 1. The fraction of sp³-hybridized carbons (Fsp3) is 0.333. The van der Waals surface area contributed by atoms with E-state index in [0.29, 0.717) is 17.0 Å². The number of aryl methyl sites for hydroxylation is 1. The van der Waals surface area contributed by atoms with Crippen molar-refractivity contribution in [2.45, 2.75) is 37.6 Å². The SMILES string of the molecule is NC(=O)c1ccc(C(=O)N2CCC[C@H]3c4ccccc4CC[C@H]32)cc1. The lowest BCUT2D eigenvalue weighted by molar-refractivity contribution is 0.0546. The van der Waals surface area contributed by atoms with Crippen LogP contribution in [0.5, 0.6) is 0 Å². The second kappa shape index (κ2) is 6.36. The Bertz CT molecular complexity index is 813. The third-order valence-electron chi connectivity index (χ3n) is 5.62. The monoisotopic (exact) mass is 334 g/mol. The number of primary amides is 1. The molecule has 2 atom stereocenters. The van der Waals surface area contributed by atoms with Crippen LogP contribution in [0.2, 0.25) is 0 Å². The molecule has 1 saturated heterocycles. The third kappa shape index (κ3) is 2.82. The summed E-state index contributed by atoms with van der Waals surface area (Å²) in [5.41, 5.74) is 9.19. The van der Waals surface area contributed by atoms with Gasteiger partial charge >= 0.3 is 0 Å². The van der Waals surface area contributed by atoms with Crippen molar-refractivity contribution >= 4 is 11.8 Å². The van der Waals surface area contributed by atoms with E-state index < -0.39 is 5.91 Å². The van der Waals surface area contributed by atoms with E-state index in [-0.39, 0.29) is 11.9 Å². The number of hydrogen-bond acceptors (Lipinski definition) is 2. The Balaban J connectivity index is 1.60. The highest BCUT2D eigenvalue weighted by Crippen LogP contribution is 2.41. The standard InChI is InChI=1S/C21H22N2O2/c22-20(24)15-7-9-16(10-8-15)21(25)23-13-3-6-18-17-5-2-1-4-14(17)11-12-19(18)23/h1-2,4-5,7-10,18-19H,3,6,11-13H2,(H2,22,24)/t18-,19+/m0/s1. The lowest BCUT2D eigenvalue weighted by Gasteiger charge is -2.45. The van der Waals surface area contributed by atoms with Crippen LogP contribution in [0, 0.1) is 0 Å². The van der Waals surface area contributed by atoms with Gasteiger partial charge in [0.05, 0.1) is 0 Å². The van der Waals surface area contributed by atoms with E-state index in [9.17, 15) is 9.59 Å². The van der Waals surface area contributed by atoms with Crippen LogP contribution in [0.4, 0.5) is 0 Å². The molecule has 1 aliphatic heterocycles. The number of nitrogens with two attached hydrogens (primary N) is 1. The maximum Gasteiger partial charge on any atom is 0.254 e. The average molecular weight is 334 g/mol. The smallest absolute Gasteiger partial charge is 0.254 e. The number of carbonyl (C=O) groups excluding carboxylic acids is 2. The number of benzene rings is 2. The predicted octanol–water partition coefficient (Wildman–Crippen LogP) is 3.12. The number of amides is 2. The Morgan fingerprint density at radius 3 is 2.44 bits per heavy atom. The number of hydrogen-bond donors (Lipinski definition) is 1. The molecule has 2 N–H and O–H groups in total. The van der Waals surface area contributed by atoms with E-state index in [1.165, 1.54) is 11.1 Å². The molecule has 4 rings (SSSR count). The quantitative estimate of drug-likeness (QED) is 0.917. The largest absolute Gasteiger partial charge is 0.366 e. The van der Waals surface area contributed by atoms with Gasteiger partial charge in [0.2, 0.25) is 5.91 Å². The Labute approximate surface area is 147 Å². The van der Waals surface area contributed by atoms with Crippen molar-refractivity contribution in [3.63, 3.8) is 0 Å². The fourth-order valence-corrected chi connectivity index (χ4v) is 4.40. The van der Waals surface area contributed by atoms with E-state index >= 15 is 0 Å². The van der Waals surface area contributed by atoms with Gasteiger partial charge in [-0.2, -0.15) is 0 Å². The zero-order valence-electron chi connectivity index (χ0n) is 14.2. The Morgan fingerprint density at radius 2 is 1.68 bits per heavy atom. The summed E-state index contributed by atoms with van der Waals surface area (Å²) in [6.07, 6.45) is 4.22. The second-order valence-electron chi connectivity index (χ2n) is 6.99. The molecular weight excluding hydrogens is 312 g/mol. The average Bonchev–Trinajstić information content (AvgIpc) is 2.67. The molecule has 1 fully saturated rings. The van der Waals surface area contributed by atoms with Crippen LogP contribution in [-0.4, -0.2) is 29.3 Å². The van der Waals surface area contributed by atoms with E-state index in [0.717, 1.165) is 32.2 Å². The van der Waals surface area contributed by atoms with Gasteiger partial charge in [-0.3, -0.25) is 9.59 Å². The summed E-state index contributed by atoms with van der Waals surface area (Å²) in [6, 6.07) is 15.6. The summed E-state index contributed by atoms with van der Waals surface area (Å²) in [5.74, 6) is 0.0265. The molecule has 0 radical (unpaired) electrons. The molecule has 0 aromatic heterocycles. The molecule has 0 spiro atoms. The first kappa shape index (κ1) is 15.9. The highest BCUT2D eigenvalue weighted by atomic mass is 16.2. The predicted molar refractivity (Wildman–Crippen MR) is 96.5 cm³/mol. The van der Waals surface area contributed by atoms with E-state index in [1.807, 2.05) is 4.90 Å². The Morgan fingerprint density at radius 1 is 0.960 bits per heavy atom. The van der Waals surface area contributed by atoms with Crippen LogP contribution < -0.4 is 5.73 Å². The van der Waals surface area contributed by atoms with Crippen LogP contribution in [0.25, 0.3) is 0 Å². The van der Waals surface area contributed by atoms with Crippen LogP contribution >= 0.6 is 0 Å². The molecule has 128 valence electrons. The highest BCUT2D eigenvalue weighted by Gasteiger charge is 2.38. The third-order valence-corrected chi connectivity index (χ3v) is 5.62. The maximum atomic E-state index is 13.1. The van der Waals surface area contributed by atoms with Gasteiger partial charge in [-0.25, -0.2) is 0 Å². The Kier molecular flexibility index (Phi) is 4.04. The van der Waals surface area contributed by atoms with Gasteiger partial charge in [0.15, 0.2) is 0 Å². The molecule has 2 aromatic carbocycles. The lowest BCUT2D eigenvalue weighted by atomic mass is 9.74. The summed E-state index contributed by atoms with van der Waals surface area (Å²) in [7, 11) is 0. The molecule has 4 nitrogen and oxygen atoms in total. The van der Waals surface area contributed by atoms with Gasteiger partial charge in [-0.1, -0.05) is 24.3 Å². The normalized spacial score (nSPS) is 22.0. The van der Waals surface area contributed by atoms with Crippen molar-refractivity contribution in [1.82, 2.24) is 4.90 Å². The summed E-state index contributed by atoms with van der Waals surface area (Å²) < 4.78 is 0.